The average molecular weight is 321 g/mol. The highest BCUT2D eigenvalue weighted by molar-refractivity contribution is 6.04. The number of hydrogen-bond acceptors (Lipinski definition) is 5. The fourth-order valence-corrected chi connectivity index (χ4v) is 3.07. The first kappa shape index (κ1) is 14.5. The van der Waals surface area contributed by atoms with Crippen LogP contribution >= 0.6 is 0 Å². The summed E-state index contributed by atoms with van der Waals surface area (Å²) in [5.41, 5.74) is 3.02. The van der Waals surface area contributed by atoms with Gasteiger partial charge in [-0.05, 0) is 25.5 Å². The third kappa shape index (κ3) is 2.34. The van der Waals surface area contributed by atoms with Crippen molar-refractivity contribution in [3.63, 3.8) is 0 Å². The SMILES string of the molecule is Cc1nc2c(c(=O)[nH]1)CCN(C(=O)c1cccc3nccnc13)C2. The number of aromatic nitrogens is 4. The average Bonchev–Trinajstić information content (AvgIpc) is 2.60. The Labute approximate surface area is 137 Å². The molecule has 0 spiro atoms. The lowest BCUT2D eigenvalue weighted by Crippen LogP contribution is -2.39. The monoisotopic (exact) mass is 321 g/mol. The van der Waals surface area contributed by atoms with Gasteiger partial charge < -0.3 is 9.88 Å². The molecule has 24 heavy (non-hydrogen) atoms. The summed E-state index contributed by atoms with van der Waals surface area (Å²) in [4.78, 5) is 42.3. The molecule has 1 aliphatic rings. The van der Waals surface area contributed by atoms with Crippen LogP contribution in [0, 0.1) is 6.92 Å². The lowest BCUT2D eigenvalue weighted by molar-refractivity contribution is 0.0733. The molecule has 2 aromatic heterocycles. The molecule has 0 bridgehead atoms. The molecule has 7 nitrogen and oxygen atoms in total. The summed E-state index contributed by atoms with van der Waals surface area (Å²) < 4.78 is 0. The summed E-state index contributed by atoms with van der Waals surface area (Å²) in [6.45, 7) is 2.55. The lowest BCUT2D eigenvalue weighted by atomic mass is 10.0. The molecule has 3 aromatic rings. The van der Waals surface area contributed by atoms with E-state index in [9.17, 15) is 9.59 Å². The van der Waals surface area contributed by atoms with Crippen LogP contribution in [-0.2, 0) is 13.0 Å². The largest absolute Gasteiger partial charge is 0.332 e. The van der Waals surface area contributed by atoms with E-state index in [1.54, 1.807) is 36.4 Å². The smallest absolute Gasteiger partial charge is 0.256 e. The molecular weight excluding hydrogens is 306 g/mol. The second-order valence-corrected chi connectivity index (χ2v) is 5.78. The Morgan fingerprint density at radius 3 is 2.96 bits per heavy atom. The second-order valence-electron chi connectivity index (χ2n) is 5.78. The summed E-state index contributed by atoms with van der Waals surface area (Å²) in [5.74, 6) is 0.440. The van der Waals surface area contributed by atoms with Gasteiger partial charge in [-0.1, -0.05) is 6.07 Å². The Balaban J connectivity index is 1.72. The fraction of sp³-hybridized carbons (Fsp3) is 0.235. The molecule has 0 unspecified atom stereocenters. The summed E-state index contributed by atoms with van der Waals surface area (Å²) >= 11 is 0. The molecule has 0 fully saturated rings. The van der Waals surface area contributed by atoms with Crippen LogP contribution in [0.4, 0.5) is 0 Å². The van der Waals surface area contributed by atoms with E-state index >= 15 is 0 Å². The summed E-state index contributed by atoms with van der Waals surface area (Å²) in [7, 11) is 0. The summed E-state index contributed by atoms with van der Waals surface area (Å²) in [5, 5.41) is 0. The number of rotatable bonds is 1. The van der Waals surface area contributed by atoms with Gasteiger partial charge in [0.25, 0.3) is 11.5 Å². The predicted octanol–water partition coefficient (Wildman–Crippen LogP) is 1.22. The molecule has 0 saturated heterocycles. The maximum absolute atomic E-state index is 12.9. The molecule has 1 aromatic carbocycles. The van der Waals surface area contributed by atoms with Gasteiger partial charge in [0, 0.05) is 24.5 Å². The van der Waals surface area contributed by atoms with Gasteiger partial charge in [-0.2, -0.15) is 0 Å². The van der Waals surface area contributed by atoms with Crippen LogP contribution in [0.2, 0.25) is 0 Å². The lowest BCUT2D eigenvalue weighted by Gasteiger charge is -2.28. The van der Waals surface area contributed by atoms with Gasteiger partial charge in [-0.25, -0.2) is 4.98 Å². The molecular formula is C17H15N5O2. The topological polar surface area (TPSA) is 91.8 Å². The number of amides is 1. The van der Waals surface area contributed by atoms with E-state index in [1.165, 1.54) is 0 Å². The minimum Gasteiger partial charge on any atom is -0.332 e. The number of benzene rings is 1. The Hall–Kier alpha value is -3.09. The van der Waals surface area contributed by atoms with E-state index in [2.05, 4.69) is 19.9 Å². The van der Waals surface area contributed by atoms with E-state index < -0.39 is 0 Å². The van der Waals surface area contributed by atoms with Gasteiger partial charge in [0.2, 0.25) is 0 Å². The number of H-pyrrole nitrogens is 1. The minimum atomic E-state index is -0.119. The van der Waals surface area contributed by atoms with E-state index in [1.807, 2.05) is 6.07 Å². The highest BCUT2D eigenvalue weighted by Crippen LogP contribution is 2.20. The number of hydrogen-bond donors (Lipinski definition) is 1. The van der Waals surface area contributed by atoms with Gasteiger partial charge >= 0.3 is 0 Å². The predicted molar refractivity (Wildman–Crippen MR) is 87.6 cm³/mol. The third-order valence-electron chi connectivity index (χ3n) is 4.21. The maximum Gasteiger partial charge on any atom is 0.256 e. The highest BCUT2D eigenvalue weighted by atomic mass is 16.2. The number of carbonyl (C=O) groups excluding carboxylic acids is 1. The fourth-order valence-electron chi connectivity index (χ4n) is 3.07. The zero-order chi connectivity index (χ0) is 16.7. The molecule has 1 aliphatic heterocycles. The molecule has 4 rings (SSSR count). The molecule has 7 heteroatoms. The van der Waals surface area contributed by atoms with Gasteiger partial charge in [-0.15, -0.1) is 0 Å². The molecule has 0 atom stereocenters. The van der Waals surface area contributed by atoms with E-state index in [0.717, 1.165) is 0 Å². The molecule has 120 valence electrons. The Morgan fingerprint density at radius 1 is 1.25 bits per heavy atom. The van der Waals surface area contributed by atoms with E-state index in [-0.39, 0.29) is 11.5 Å². The van der Waals surface area contributed by atoms with Gasteiger partial charge in [0.1, 0.15) is 11.3 Å². The Kier molecular flexibility index (Phi) is 3.34. The molecule has 0 saturated carbocycles. The number of nitrogens with zero attached hydrogens (tertiary/aromatic N) is 4. The number of para-hydroxylation sites is 1. The first-order chi connectivity index (χ1) is 11.6. The van der Waals surface area contributed by atoms with Crippen LogP contribution in [0.5, 0.6) is 0 Å². The Bertz CT molecular complexity index is 1010. The standard InChI is InChI=1S/C17H15N5O2/c1-10-20-14-9-22(8-5-11(14)16(23)21-10)17(24)12-3-2-4-13-15(12)19-7-6-18-13/h2-4,6-7H,5,8-9H2,1H3,(H,20,21,23). The van der Waals surface area contributed by atoms with Crippen molar-refractivity contribution in [1.29, 1.82) is 0 Å². The quantitative estimate of drug-likeness (QED) is 0.727. The van der Waals surface area contributed by atoms with Crippen molar-refractivity contribution in [3.05, 3.63) is 63.6 Å². The highest BCUT2D eigenvalue weighted by Gasteiger charge is 2.26. The molecule has 0 aliphatic carbocycles. The van der Waals surface area contributed by atoms with Gasteiger partial charge in [0.05, 0.1) is 23.3 Å². The van der Waals surface area contributed by atoms with E-state index in [4.69, 9.17) is 0 Å². The van der Waals surface area contributed by atoms with Crippen molar-refractivity contribution in [2.24, 2.45) is 0 Å². The van der Waals surface area contributed by atoms with E-state index in [0.29, 0.717) is 53.2 Å². The number of aryl methyl sites for hydroxylation is 1. The third-order valence-corrected chi connectivity index (χ3v) is 4.21. The molecule has 0 radical (unpaired) electrons. The van der Waals surface area contributed by atoms with Crippen molar-refractivity contribution >= 4 is 16.9 Å². The molecule has 1 N–H and O–H groups in total. The second kappa shape index (κ2) is 5.52. The van der Waals surface area contributed by atoms with Crippen LogP contribution in [0.3, 0.4) is 0 Å². The summed E-state index contributed by atoms with van der Waals surface area (Å²) in [6.07, 6.45) is 3.68. The number of nitrogens with one attached hydrogen (secondary N) is 1. The van der Waals surface area contributed by atoms with Crippen molar-refractivity contribution in [1.82, 2.24) is 24.8 Å². The van der Waals surface area contributed by atoms with Gasteiger partial charge in [-0.3, -0.25) is 19.6 Å². The number of carbonyl (C=O) groups is 1. The first-order valence-corrected chi connectivity index (χ1v) is 7.71. The van der Waals surface area contributed by atoms with Crippen LogP contribution in [0.1, 0.15) is 27.4 Å². The van der Waals surface area contributed by atoms with Crippen LogP contribution in [0.25, 0.3) is 11.0 Å². The van der Waals surface area contributed by atoms with Gasteiger partial charge in [0.15, 0.2) is 0 Å². The molecule has 1 amide bonds. The van der Waals surface area contributed by atoms with Crippen molar-refractivity contribution in [2.75, 3.05) is 6.54 Å². The zero-order valence-electron chi connectivity index (χ0n) is 13.1. The van der Waals surface area contributed by atoms with Crippen LogP contribution in [0.15, 0.2) is 35.4 Å². The maximum atomic E-state index is 12.9. The van der Waals surface area contributed by atoms with Crippen LogP contribution < -0.4 is 5.56 Å². The van der Waals surface area contributed by atoms with Crippen molar-refractivity contribution in [2.45, 2.75) is 19.9 Å². The number of fused-ring (bicyclic) bond motifs is 2. The number of aromatic amines is 1. The van der Waals surface area contributed by atoms with Crippen LogP contribution in [-0.4, -0.2) is 37.3 Å². The molecule has 3 heterocycles. The Morgan fingerprint density at radius 2 is 2.08 bits per heavy atom. The summed E-state index contributed by atoms with van der Waals surface area (Å²) in [6, 6.07) is 5.38. The van der Waals surface area contributed by atoms with Crippen molar-refractivity contribution < 1.29 is 4.79 Å². The zero-order valence-corrected chi connectivity index (χ0v) is 13.1. The van der Waals surface area contributed by atoms with Crippen molar-refractivity contribution in [3.8, 4) is 0 Å². The normalized spacial score (nSPS) is 13.8. The minimum absolute atomic E-state index is 0.111. The first-order valence-electron chi connectivity index (χ1n) is 7.71.